The molecule has 4 nitrogen and oxygen atoms in total. The highest BCUT2D eigenvalue weighted by Crippen LogP contribution is 2.45. The normalized spacial score (nSPS) is 16.9. The van der Waals surface area contributed by atoms with E-state index in [4.69, 9.17) is 4.74 Å². The van der Waals surface area contributed by atoms with Gasteiger partial charge in [0.1, 0.15) is 5.60 Å². The minimum Gasteiger partial charge on any atom is -0.451 e. The Kier molecular flexibility index (Phi) is 3.55. The summed E-state index contributed by atoms with van der Waals surface area (Å²) in [6.45, 7) is 6.14. The first-order chi connectivity index (χ1) is 10.4. The lowest BCUT2D eigenvalue weighted by atomic mass is 9.75. The van der Waals surface area contributed by atoms with Crippen LogP contribution in [0.1, 0.15) is 56.0 Å². The maximum atomic E-state index is 12.5. The topological polar surface area (TPSA) is 44.1 Å². The van der Waals surface area contributed by atoms with Crippen molar-refractivity contribution in [3.05, 3.63) is 53.9 Å². The number of benzene rings is 1. The van der Waals surface area contributed by atoms with Gasteiger partial charge in [-0.25, -0.2) is 4.79 Å². The van der Waals surface area contributed by atoms with Crippen LogP contribution in [0.4, 0.5) is 0 Å². The summed E-state index contributed by atoms with van der Waals surface area (Å²) in [5.74, 6) is -0.293. The summed E-state index contributed by atoms with van der Waals surface area (Å²) in [4.78, 5) is 12.5. The molecule has 0 radical (unpaired) electrons. The monoisotopic (exact) mass is 298 g/mol. The fourth-order valence-corrected chi connectivity index (χ4v) is 2.72. The number of rotatable bonds is 3. The van der Waals surface area contributed by atoms with Crippen LogP contribution in [0.15, 0.2) is 42.7 Å². The van der Waals surface area contributed by atoms with Crippen LogP contribution in [0.2, 0.25) is 0 Å². The molecule has 0 saturated heterocycles. The molecule has 0 aliphatic heterocycles. The van der Waals surface area contributed by atoms with Crippen molar-refractivity contribution in [1.29, 1.82) is 0 Å². The second-order valence-corrected chi connectivity index (χ2v) is 6.95. The maximum absolute atomic E-state index is 12.5. The van der Waals surface area contributed by atoms with Gasteiger partial charge in [0.05, 0.1) is 17.3 Å². The molecule has 2 aromatic rings. The zero-order chi connectivity index (χ0) is 15.8. The van der Waals surface area contributed by atoms with Crippen LogP contribution < -0.4 is 0 Å². The number of carbonyl (C=O) groups is 1. The van der Waals surface area contributed by atoms with Crippen molar-refractivity contribution in [2.75, 3.05) is 0 Å². The Morgan fingerprint density at radius 2 is 1.91 bits per heavy atom. The third-order valence-corrected chi connectivity index (χ3v) is 4.25. The zero-order valence-corrected chi connectivity index (χ0v) is 13.4. The van der Waals surface area contributed by atoms with E-state index in [0.29, 0.717) is 5.56 Å². The average molecular weight is 298 g/mol. The van der Waals surface area contributed by atoms with Crippen molar-refractivity contribution < 1.29 is 9.53 Å². The second-order valence-electron chi connectivity index (χ2n) is 6.95. The number of hydrogen-bond donors (Lipinski definition) is 0. The van der Waals surface area contributed by atoms with Gasteiger partial charge in [-0.2, -0.15) is 5.10 Å². The molecular weight excluding hydrogens is 276 g/mol. The van der Waals surface area contributed by atoms with Crippen molar-refractivity contribution in [2.24, 2.45) is 0 Å². The smallest absolute Gasteiger partial charge is 0.342 e. The van der Waals surface area contributed by atoms with E-state index in [9.17, 15) is 4.79 Å². The van der Waals surface area contributed by atoms with Gasteiger partial charge < -0.3 is 4.74 Å². The van der Waals surface area contributed by atoms with Crippen molar-refractivity contribution in [3.8, 4) is 0 Å². The molecule has 1 fully saturated rings. The molecule has 0 amide bonds. The van der Waals surface area contributed by atoms with E-state index in [0.717, 1.165) is 24.8 Å². The van der Waals surface area contributed by atoms with Crippen LogP contribution in [0, 0.1) is 0 Å². The van der Waals surface area contributed by atoms with Crippen LogP contribution in [-0.4, -0.2) is 15.7 Å². The van der Waals surface area contributed by atoms with E-state index in [1.165, 1.54) is 0 Å². The van der Waals surface area contributed by atoms with Gasteiger partial charge in [-0.1, -0.05) is 30.3 Å². The summed E-state index contributed by atoms with van der Waals surface area (Å²) in [6, 6.07) is 10.0. The van der Waals surface area contributed by atoms with Crippen molar-refractivity contribution in [2.45, 2.75) is 51.2 Å². The summed E-state index contributed by atoms with van der Waals surface area (Å²) in [7, 11) is 0. The van der Waals surface area contributed by atoms with Gasteiger partial charge in [-0.3, -0.25) is 4.68 Å². The molecule has 0 N–H and O–H groups in total. The van der Waals surface area contributed by atoms with Crippen LogP contribution in [0.5, 0.6) is 0 Å². The molecule has 116 valence electrons. The molecule has 1 heterocycles. The highest BCUT2D eigenvalue weighted by Gasteiger charge is 2.42. The third kappa shape index (κ3) is 2.65. The molecule has 1 aromatic heterocycles. The Labute approximate surface area is 131 Å². The molecule has 1 aliphatic carbocycles. The van der Waals surface area contributed by atoms with E-state index in [2.05, 4.69) is 5.10 Å². The van der Waals surface area contributed by atoms with Crippen LogP contribution in [-0.2, 0) is 15.9 Å². The molecule has 4 heteroatoms. The first-order valence-electron chi connectivity index (χ1n) is 7.75. The quantitative estimate of drug-likeness (QED) is 0.808. The summed E-state index contributed by atoms with van der Waals surface area (Å²) >= 11 is 0. The SMILES string of the molecule is CC(C)(C)n1cc(C(=O)OC2(c3ccccc3)CCC2)cn1. The summed E-state index contributed by atoms with van der Waals surface area (Å²) < 4.78 is 7.67. The van der Waals surface area contributed by atoms with Gasteiger partial charge in [0.15, 0.2) is 0 Å². The van der Waals surface area contributed by atoms with Gasteiger partial charge >= 0.3 is 5.97 Å². The predicted molar refractivity (Wildman–Crippen MR) is 84.6 cm³/mol. The molecule has 0 atom stereocenters. The van der Waals surface area contributed by atoms with Gasteiger partial charge in [-0.15, -0.1) is 0 Å². The average Bonchev–Trinajstić information content (AvgIpc) is 2.93. The number of ether oxygens (including phenoxy) is 1. The van der Waals surface area contributed by atoms with Gasteiger partial charge in [-0.05, 0) is 45.6 Å². The minimum atomic E-state index is -0.456. The Morgan fingerprint density at radius 3 is 2.41 bits per heavy atom. The maximum Gasteiger partial charge on any atom is 0.342 e. The summed E-state index contributed by atoms with van der Waals surface area (Å²) in [5, 5.41) is 4.27. The lowest BCUT2D eigenvalue weighted by Gasteiger charge is -2.41. The molecule has 22 heavy (non-hydrogen) atoms. The van der Waals surface area contributed by atoms with E-state index in [1.807, 2.05) is 51.1 Å². The molecule has 0 spiro atoms. The first-order valence-corrected chi connectivity index (χ1v) is 7.75. The van der Waals surface area contributed by atoms with E-state index >= 15 is 0 Å². The largest absolute Gasteiger partial charge is 0.451 e. The molecule has 1 saturated carbocycles. The molecule has 1 aliphatic rings. The summed E-state index contributed by atoms with van der Waals surface area (Å²) in [6.07, 6.45) is 6.21. The number of hydrogen-bond acceptors (Lipinski definition) is 3. The summed E-state index contributed by atoms with van der Waals surface area (Å²) in [5.41, 5.74) is 0.990. The number of nitrogens with zero attached hydrogens (tertiary/aromatic N) is 2. The van der Waals surface area contributed by atoms with E-state index in [1.54, 1.807) is 17.1 Å². The second kappa shape index (κ2) is 5.27. The fourth-order valence-electron chi connectivity index (χ4n) is 2.72. The molecule has 0 unspecified atom stereocenters. The first kappa shape index (κ1) is 14.8. The lowest BCUT2D eigenvalue weighted by molar-refractivity contribution is -0.0671. The standard InChI is InChI=1S/C18H22N2O2/c1-17(2,3)20-13-14(12-19-20)16(21)22-18(10-7-11-18)15-8-5-4-6-9-15/h4-6,8-9,12-13H,7,10-11H2,1-3H3. The molecule has 0 bridgehead atoms. The Morgan fingerprint density at radius 1 is 1.23 bits per heavy atom. The fraction of sp³-hybridized carbons (Fsp3) is 0.444. The highest BCUT2D eigenvalue weighted by atomic mass is 16.6. The Bertz CT molecular complexity index is 664. The Balaban J connectivity index is 1.80. The van der Waals surface area contributed by atoms with E-state index in [-0.39, 0.29) is 11.5 Å². The molecule has 3 rings (SSSR count). The lowest BCUT2D eigenvalue weighted by Crippen LogP contribution is -2.39. The number of esters is 1. The molecular formula is C18H22N2O2. The van der Waals surface area contributed by atoms with E-state index < -0.39 is 5.60 Å². The van der Waals surface area contributed by atoms with Gasteiger partial charge in [0.2, 0.25) is 0 Å². The third-order valence-electron chi connectivity index (χ3n) is 4.25. The highest BCUT2D eigenvalue weighted by molar-refractivity contribution is 5.89. The van der Waals surface area contributed by atoms with Crippen molar-refractivity contribution in [3.63, 3.8) is 0 Å². The number of carbonyl (C=O) groups excluding carboxylic acids is 1. The number of aromatic nitrogens is 2. The van der Waals surface area contributed by atoms with Crippen LogP contribution >= 0.6 is 0 Å². The van der Waals surface area contributed by atoms with Crippen LogP contribution in [0.25, 0.3) is 0 Å². The van der Waals surface area contributed by atoms with Gasteiger partial charge in [0, 0.05) is 6.20 Å². The Hall–Kier alpha value is -2.10. The van der Waals surface area contributed by atoms with Gasteiger partial charge in [0.25, 0.3) is 0 Å². The van der Waals surface area contributed by atoms with Crippen LogP contribution in [0.3, 0.4) is 0 Å². The van der Waals surface area contributed by atoms with Crippen molar-refractivity contribution in [1.82, 2.24) is 9.78 Å². The predicted octanol–water partition coefficient (Wildman–Crippen LogP) is 3.87. The zero-order valence-electron chi connectivity index (χ0n) is 13.4. The minimum absolute atomic E-state index is 0.147. The van der Waals surface area contributed by atoms with Crippen molar-refractivity contribution >= 4 is 5.97 Å². The molecule has 1 aromatic carbocycles.